The van der Waals surface area contributed by atoms with E-state index in [1.165, 1.54) is 18.6 Å². The standard InChI is InChI=1S/C33H28N4O6.C15H10N2O2.C5H12O2.CH3I/c34-22-41-32-16-8-28(9-17-32)21-27-6-14-31(15-7-27)37-33(39)40-18-1-19-42-43-24-36-30-12-4-26(5-13-30)20-25-2-10-29(11-3-25)35-23-38;16-10-19-15-7-3-13(4-8-15)9-12-1-5-14(6-2-12)17-11-18;6-4-2-1-3-5-7;1-2/h2-17,24H,1,18-21H2,(H,37,39);1-8H,9H2;6-7H,1-5H2;1H3/i;;;1D. The molecule has 1 amide bonds. The van der Waals surface area contributed by atoms with Gasteiger partial charge in [0.25, 0.3) is 12.5 Å². The number of isocyanates is 2. The fourth-order valence-corrected chi connectivity index (χ4v) is 6.05. The van der Waals surface area contributed by atoms with Crippen molar-refractivity contribution in [3.05, 3.63) is 179 Å². The molecule has 6 aromatic rings. The lowest BCUT2D eigenvalue weighted by atomic mass is 10.0. The first kappa shape index (κ1) is 55.6. The topological polar surface area (TPSA) is 235 Å². The molecule has 0 heterocycles. The molecule has 0 saturated heterocycles. The average molecular weight is 1070 g/mol. The van der Waals surface area contributed by atoms with E-state index in [2.05, 4.69) is 20.3 Å². The summed E-state index contributed by atoms with van der Waals surface area (Å²) in [6, 6.07) is 44.5. The molecular weight excluding hydrogens is 1020 g/mol. The third-order valence-corrected chi connectivity index (χ3v) is 9.49. The van der Waals surface area contributed by atoms with Crippen LogP contribution in [0.25, 0.3) is 0 Å². The molecule has 0 atom stereocenters. The van der Waals surface area contributed by atoms with Crippen LogP contribution in [0, 0.1) is 23.0 Å². The van der Waals surface area contributed by atoms with Crippen LogP contribution in [-0.2, 0) is 43.4 Å². The molecular formula is C54H53IN6O10. The number of rotatable bonds is 22. The van der Waals surface area contributed by atoms with Gasteiger partial charge in [-0.2, -0.15) is 14.9 Å². The van der Waals surface area contributed by atoms with Gasteiger partial charge in [0.15, 0.2) is 0 Å². The lowest BCUT2D eigenvalue weighted by molar-refractivity contribution is -0.217. The quantitative estimate of drug-likeness (QED) is 0.00663. The highest BCUT2D eigenvalue weighted by atomic mass is 127. The summed E-state index contributed by atoms with van der Waals surface area (Å²) in [6.07, 6.45) is 12.2. The number of amides is 1. The van der Waals surface area contributed by atoms with Gasteiger partial charge in [0, 0.05) is 26.7 Å². The Hall–Kier alpha value is -7.99. The van der Waals surface area contributed by atoms with Gasteiger partial charge in [-0.1, -0.05) is 95.4 Å². The monoisotopic (exact) mass is 1070 g/mol. The maximum absolute atomic E-state index is 12.1. The molecule has 0 bridgehead atoms. The van der Waals surface area contributed by atoms with Gasteiger partial charge in [-0.3, -0.25) is 5.32 Å². The molecule has 6 aromatic carbocycles. The molecule has 6 rings (SSSR count). The Bertz CT molecular complexity index is 2670. The van der Waals surface area contributed by atoms with E-state index in [0.29, 0.717) is 52.0 Å². The summed E-state index contributed by atoms with van der Waals surface area (Å²) >= 11 is 1.96. The Kier molecular flexibility index (Phi) is 28.2. The number of carbonyl (C=O) groups excluding carboxylic acids is 3. The maximum Gasteiger partial charge on any atom is 0.411 e. The summed E-state index contributed by atoms with van der Waals surface area (Å²) < 4.78 is 20.9. The van der Waals surface area contributed by atoms with Crippen LogP contribution in [0.1, 0.15) is 60.4 Å². The number of hydrogen-bond acceptors (Lipinski definition) is 15. The predicted molar refractivity (Wildman–Crippen MR) is 278 cm³/mol. The first-order chi connectivity index (χ1) is 35.2. The number of ether oxygens (including phenoxy) is 3. The minimum atomic E-state index is -0.559. The number of aliphatic imine (C=N–C) groups is 3. The van der Waals surface area contributed by atoms with Crippen LogP contribution in [0.4, 0.5) is 27.5 Å². The molecule has 0 aliphatic carbocycles. The fraction of sp³-hybridized carbons (Fsp3) is 0.222. The van der Waals surface area contributed by atoms with Gasteiger partial charge in [-0.25, -0.2) is 19.4 Å². The van der Waals surface area contributed by atoms with Gasteiger partial charge >= 0.3 is 6.09 Å². The number of aliphatic hydroxyl groups is 2. The molecule has 366 valence electrons. The number of benzene rings is 6. The smallest absolute Gasteiger partial charge is 0.411 e. The van der Waals surface area contributed by atoms with Gasteiger partial charge < -0.3 is 29.3 Å². The lowest BCUT2D eigenvalue weighted by Crippen LogP contribution is -2.15. The molecule has 0 saturated carbocycles. The van der Waals surface area contributed by atoms with Crippen molar-refractivity contribution in [2.75, 3.05) is 36.7 Å². The van der Waals surface area contributed by atoms with Crippen molar-refractivity contribution in [2.45, 2.75) is 44.9 Å². The van der Waals surface area contributed by atoms with Crippen LogP contribution < -0.4 is 14.8 Å². The minimum absolute atomic E-state index is 0.157. The van der Waals surface area contributed by atoms with E-state index >= 15 is 0 Å². The van der Waals surface area contributed by atoms with Gasteiger partial charge in [0.2, 0.25) is 18.6 Å². The van der Waals surface area contributed by atoms with Gasteiger partial charge in [0.05, 0.1) is 30.3 Å². The number of hydrogen-bond donors (Lipinski definition) is 3. The zero-order valence-corrected chi connectivity index (χ0v) is 40.9. The molecule has 0 fully saturated rings. The van der Waals surface area contributed by atoms with Crippen molar-refractivity contribution in [1.82, 2.24) is 0 Å². The number of nitrogens with one attached hydrogen (secondary N) is 1. The lowest BCUT2D eigenvalue weighted by Gasteiger charge is -2.08. The SMILES string of the molecule is N#COc1ccc(Cc2ccc(N=C=O)cc2)cc1.N#COc1ccc(Cc2ccc(NC(=O)OCCCOOC=Nc3ccc(Cc4ccc(N=C=O)cc4)cc3)cc2)cc1.OCCCCCO.[2H]CI. The van der Waals surface area contributed by atoms with E-state index in [9.17, 15) is 14.4 Å². The minimum Gasteiger partial charge on any atom is -0.449 e. The number of aliphatic hydroxyl groups excluding tert-OH is 2. The van der Waals surface area contributed by atoms with E-state index in [4.69, 9.17) is 46.1 Å². The second-order valence-corrected chi connectivity index (χ2v) is 14.6. The number of nitrogens with zero attached hydrogens (tertiary/aromatic N) is 5. The molecule has 0 spiro atoms. The highest BCUT2D eigenvalue weighted by Crippen LogP contribution is 2.21. The summed E-state index contributed by atoms with van der Waals surface area (Å²) in [6.45, 7) is 0.873. The van der Waals surface area contributed by atoms with Crippen LogP contribution in [0.5, 0.6) is 11.5 Å². The Balaban J connectivity index is 0.000000386. The number of anilines is 1. The van der Waals surface area contributed by atoms with E-state index in [0.717, 1.165) is 65.5 Å². The number of alkyl halides is 1. The van der Waals surface area contributed by atoms with E-state index in [1.807, 2.05) is 108 Å². The van der Waals surface area contributed by atoms with Crippen molar-refractivity contribution in [2.24, 2.45) is 15.0 Å². The zero-order valence-electron chi connectivity index (χ0n) is 39.7. The molecule has 0 aliphatic heterocycles. The Morgan fingerprint density at radius 2 is 0.972 bits per heavy atom. The molecule has 0 aliphatic rings. The molecule has 17 heteroatoms. The molecule has 71 heavy (non-hydrogen) atoms. The maximum atomic E-state index is 12.1. The molecule has 16 nitrogen and oxygen atoms in total. The predicted octanol–water partition coefficient (Wildman–Crippen LogP) is 11.2. The molecule has 0 unspecified atom stereocenters. The first-order valence-electron chi connectivity index (χ1n) is 22.6. The van der Waals surface area contributed by atoms with Crippen molar-refractivity contribution in [3.8, 4) is 24.0 Å². The van der Waals surface area contributed by atoms with E-state index in [-0.39, 0.29) is 26.4 Å². The normalized spacial score (nSPS) is 9.96. The van der Waals surface area contributed by atoms with Crippen LogP contribution in [0.3, 0.4) is 0 Å². The summed E-state index contributed by atoms with van der Waals surface area (Å²) in [7, 11) is 0. The van der Waals surface area contributed by atoms with Crippen molar-refractivity contribution >= 4 is 70.0 Å². The summed E-state index contributed by atoms with van der Waals surface area (Å²) in [5, 5.41) is 36.1. The summed E-state index contributed by atoms with van der Waals surface area (Å²) in [5.41, 5.74) is 9.05. The number of carbonyl (C=O) groups is 1. The van der Waals surface area contributed by atoms with E-state index < -0.39 is 6.09 Å². The van der Waals surface area contributed by atoms with Crippen LogP contribution >= 0.6 is 22.6 Å². The summed E-state index contributed by atoms with van der Waals surface area (Å²) in [4.78, 5) is 54.3. The highest BCUT2D eigenvalue weighted by Gasteiger charge is 2.05. The Morgan fingerprint density at radius 3 is 1.35 bits per heavy atom. The Labute approximate surface area is 428 Å². The zero-order chi connectivity index (χ0) is 51.9. The van der Waals surface area contributed by atoms with Gasteiger partial charge in [-0.05, 0) is 150 Å². The largest absolute Gasteiger partial charge is 0.449 e. The molecule has 0 aromatic heterocycles. The van der Waals surface area contributed by atoms with Gasteiger partial charge in [0.1, 0.15) is 11.5 Å². The van der Waals surface area contributed by atoms with Crippen molar-refractivity contribution in [1.29, 1.82) is 10.5 Å². The van der Waals surface area contributed by atoms with Gasteiger partial charge in [-0.15, -0.1) is 10.5 Å². The molecule has 3 N–H and O–H groups in total. The second kappa shape index (κ2) is 36.1. The van der Waals surface area contributed by atoms with Crippen LogP contribution in [0.2, 0.25) is 0 Å². The third kappa shape index (κ3) is 24.7. The third-order valence-electron chi connectivity index (χ3n) is 9.49. The van der Waals surface area contributed by atoms with E-state index in [1.54, 1.807) is 73.2 Å². The van der Waals surface area contributed by atoms with Crippen LogP contribution in [0.15, 0.2) is 161 Å². The fourth-order valence-electron chi connectivity index (χ4n) is 6.05. The first-order valence-corrected chi connectivity index (χ1v) is 23.4. The highest BCUT2D eigenvalue weighted by molar-refractivity contribution is 14.1. The van der Waals surface area contributed by atoms with Crippen LogP contribution in [-0.4, -0.2) is 66.2 Å². The molecule has 0 radical (unpaired) electrons. The number of nitriles is 2. The summed E-state index contributed by atoms with van der Waals surface area (Å²) in [5.74, 6) is 1.03. The van der Waals surface area contributed by atoms with Crippen molar-refractivity contribution in [3.63, 3.8) is 0 Å². The number of unbranched alkanes of at least 4 members (excludes halogenated alkanes) is 2. The Morgan fingerprint density at radius 1 is 0.592 bits per heavy atom. The van der Waals surface area contributed by atoms with Crippen molar-refractivity contribution < 1.29 is 50.0 Å². The number of halogens is 1. The average Bonchev–Trinajstić information content (AvgIpc) is 3.39. The second-order valence-electron chi connectivity index (χ2n) is 14.6.